The Kier molecular flexibility index (Phi) is 6.08. The maximum absolute atomic E-state index is 13.4. The van der Waals surface area contributed by atoms with Crippen LogP contribution in [0, 0.1) is 0 Å². The standard InChI is InChI=1S/C28H31N3O6/c1-27(2,3)37-26(34)22(28(29)13-30-14-28)24-21(25(32)33)18-10-7-16-12-31-20(11-19(16)23(18)36-24)15-5-8-17(35-4)9-6-15/h5-6,8-9,11-12,22,30H,7,10,13-14,29H2,1-4H3,(H,32,33). The summed E-state index contributed by atoms with van der Waals surface area (Å²) < 4.78 is 17.3. The second kappa shape index (κ2) is 9.00. The lowest BCUT2D eigenvalue weighted by atomic mass is 9.76. The number of nitrogens with zero attached hydrogens (tertiary/aromatic N) is 1. The number of benzene rings is 1. The fraction of sp³-hybridized carbons (Fsp3) is 0.393. The number of fused-ring (bicyclic) bond motifs is 3. The maximum atomic E-state index is 13.4. The van der Waals surface area contributed by atoms with Gasteiger partial charge in [0.1, 0.15) is 34.4 Å². The Morgan fingerprint density at radius 2 is 1.89 bits per heavy atom. The minimum atomic E-state index is -1.16. The van der Waals surface area contributed by atoms with Crippen molar-refractivity contribution < 1.29 is 28.6 Å². The van der Waals surface area contributed by atoms with Gasteiger partial charge >= 0.3 is 11.9 Å². The van der Waals surface area contributed by atoms with Gasteiger partial charge in [-0.1, -0.05) is 0 Å². The normalized spacial score (nSPS) is 16.7. The molecule has 0 radical (unpaired) electrons. The molecule has 0 spiro atoms. The monoisotopic (exact) mass is 505 g/mol. The first-order valence-corrected chi connectivity index (χ1v) is 12.3. The highest BCUT2D eigenvalue weighted by molar-refractivity contribution is 5.96. The molecule has 9 heteroatoms. The van der Waals surface area contributed by atoms with Crippen molar-refractivity contribution in [3.8, 4) is 28.3 Å². The first-order valence-electron chi connectivity index (χ1n) is 12.3. The molecule has 1 aliphatic carbocycles. The number of methoxy groups -OCH3 is 1. The maximum Gasteiger partial charge on any atom is 0.339 e. The largest absolute Gasteiger partial charge is 0.497 e. The fourth-order valence-electron chi connectivity index (χ4n) is 5.03. The molecule has 2 aromatic heterocycles. The van der Waals surface area contributed by atoms with Crippen LogP contribution < -0.4 is 15.8 Å². The van der Waals surface area contributed by atoms with Crippen molar-refractivity contribution in [2.24, 2.45) is 5.73 Å². The van der Waals surface area contributed by atoms with E-state index in [-0.39, 0.29) is 11.3 Å². The third-order valence-electron chi connectivity index (χ3n) is 6.90. The van der Waals surface area contributed by atoms with Gasteiger partial charge in [-0.2, -0.15) is 0 Å². The average molecular weight is 506 g/mol. The van der Waals surface area contributed by atoms with Crippen LogP contribution in [0.2, 0.25) is 0 Å². The van der Waals surface area contributed by atoms with E-state index < -0.39 is 29.0 Å². The SMILES string of the molecule is COc1ccc(-c2cc3c(cn2)CCc2c-3oc(C(C(=O)OC(C)(C)C)C3(N)CNC3)c2C(=O)O)cc1. The highest BCUT2D eigenvalue weighted by Gasteiger charge is 2.51. The van der Waals surface area contributed by atoms with Gasteiger partial charge in [-0.25, -0.2) is 4.79 Å². The van der Waals surface area contributed by atoms with Crippen molar-refractivity contribution >= 4 is 11.9 Å². The van der Waals surface area contributed by atoms with Gasteiger partial charge in [-0.05, 0) is 69.5 Å². The van der Waals surface area contributed by atoms with Crippen LogP contribution in [-0.2, 0) is 22.4 Å². The highest BCUT2D eigenvalue weighted by Crippen LogP contribution is 2.45. The molecule has 0 bridgehead atoms. The number of nitrogens with one attached hydrogen (secondary N) is 1. The number of carbonyl (C=O) groups excluding carboxylic acids is 1. The van der Waals surface area contributed by atoms with Crippen LogP contribution in [0.15, 0.2) is 40.9 Å². The van der Waals surface area contributed by atoms with E-state index in [2.05, 4.69) is 10.3 Å². The number of rotatable bonds is 6. The Balaban J connectivity index is 1.64. The summed E-state index contributed by atoms with van der Waals surface area (Å²) >= 11 is 0. The van der Waals surface area contributed by atoms with Gasteiger partial charge < -0.3 is 30.0 Å². The summed E-state index contributed by atoms with van der Waals surface area (Å²) in [7, 11) is 1.61. The molecule has 1 unspecified atom stereocenters. The number of pyridine rings is 1. The van der Waals surface area contributed by atoms with E-state index in [1.165, 1.54) is 0 Å². The number of carboxylic acid groups (broad SMARTS) is 1. The van der Waals surface area contributed by atoms with Crippen LogP contribution in [0.1, 0.15) is 53.9 Å². The third kappa shape index (κ3) is 4.49. The molecule has 4 N–H and O–H groups in total. The molecular formula is C28H31N3O6. The van der Waals surface area contributed by atoms with Gasteiger partial charge in [0.15, 0.2) is 0 Å². The molecule has 1 atom stereocenters. The lowest BCUT2D eigenvalue weighted by Gasteiger charge is -2.43. The van der Waals surface area contributed by atoms with Crippen LogP contribution in [0.3, 0.4) is 0 Å². The molecule has 5 rings (SSSR count). The summed E-state index contributed by atoms with van der Waals surface area (Å²) in [5.74, 6) is -1.60. The average Bonchev–Trinajstić information content (AvgIpc) is 3.21. The fourth-order valence-corrected chi connectivity index (χ4v) is 5.03. The Hall–Kier alpha value is -3.69. The second-order valence-electron chi connectivity index (χ2n) is 10.7. The molecule has 37 heavy (non-hydrogen) atoms. The van der Waals surface area contributed by atoms with Crippen LogP contribution >= 0.6 is 0 Å². The number of hydrogen-bond acceptors (Lipinski definition) is 8. The number of esters is 1. The van der Waals surface area contributed by atoms with Gasteiger partial charge in [-0.3, -0.25) is 9.78 Å². The lowest BCUT2D eigenvalue weighted by Crippen LogP contribution is -2.70. The van der Waals surface area contributed by atoms with Crippen molar-refractivity contribution in [3.05, 3.63) is 59.0 Å². The summed E-state index contributed by atoms with van der Waals surface area (Å²) in [6.07, 6.45) is 2.85. The Labute approximate surface area is 215 Å². The molecular weight excluding hydrogens is 474 g/mol. The number of aryl methyl sites for hydroxylation is 1. The molecule has 3 aromatic rings. The van der Waals surface area contributed by atoms with Gasteiger partial charge in [0.25, 0.3) is 0 Å². The van der Waals surface area contributed by atoms with E-state index in [1.54, 1.807) is 34.1 Å². The molecule has 3 heterocycles. The van der Waals surface area contributed by atoms with Crippen LogP contribution in [0.5, 0.6) is 5.75 Å². The number of aromatic nitrogens is 1. The summed E-state index contributed by atoms with van der Waals surface area (Å²) in [4.78, 5) is 30.6. The summed E-state index contributed by atoms with van der Waals surface area (Å²) in [6, 6.07) is 9.43. The molecule has 1 aromatic carbocycles. The molecule has 0 amide bonds. The highest BCUT2D eigenvalue weighted by atomic mass is 16.6. The Morgan fingerprint density at radius 1 is 1.19 bits per heavy atom. The van der Waals surface area contributed by atoms with Crippen LogP contribution in [-0.4, -0.2) is 53.4 Å². The predicted molar refractivity (Wildman–Crippen MR) is 137 cm³/mol. The zero-order chi connectivity index (χ0) is 26.5. The number of furan rings is 1. The van der Waals surface area contributed by atoms with E-state index in [9.17, 15) is 14.7 Å². The Morgan fingerprint density at radius 3 is 2.46 bits per heavy atom. The van der Waals surface area contributed by atoms with Crippen molar-refractivity contribution in [2.45, 2.75) is 50.7 Å². The number of nitrogens with two attached hydrogens (primary N) is 1. The number of aromatic carboxylic acids is 1. The van der Waals surface area contributed by atoms with Crippen molar-refractivity contribution in [3.63, 3.8) is 0 Å². The lowest BCUT2D eigenvalue weighted by molar-refractivity contribution is -0.159. The number of carboxylic acids is 1. The van der Waals surface area contributed by atoms with Gasteiger partial charge in [0.05, 0.1) is 18.3 Å². The number of hydrogen-bond donors (Lipinski definition) is 3. The van der Waals surface area contributed by atoms with E-state index >= 15 is 0 Å². The van der Waals surface area contributed by atoms with Crippen molar-refractivity contribution in [1.29, 1.82) is 0 Å². The second-order valence-corrected chi connectivity index (χ2v) is 10.7. The van der Waals surface area contributed by atoms with E-state index in [1.807, 2.05) is 30.3 Å². The third-order valence-corrected chi connectivity index (χ3v) is 6.90. The summed E-state index contributed by atoms with van der Waals surface area (Å²) in [6.45, 7) is 5.96. The molecule has 1 aliphatic heterocycles. The van der Waals surface area contributed by atoms with Gasteiger partial charge in [-0.15, -0.1) is 0 Å². The molecule has 194 valence electrons. The molecule has 0 saturated carbocycles. The van der Waals surface area contributed by atoms with Gasteiger partial charge in [0.2, 0.25) is 0 Å². The first kappa shape index (κ1) is 25.0. The van der Waals surface area contributed by atoms with Gasteiger partial charge in [0, 0.05) is 36.0 Å². The van der Waals surface area contributed by atoms with Crippen molar-refractivity contribution in [2.75, 3.05) is 20.2 Å². The summed E-state index contributed by atoms with van der Waals surface area (Å²) in [5, 5.41) is 13.4. The minimum absolute atomic E-state index is 0.00366. The molecule has 1 saturated heterocycles. The minimum Gasteiger partial charge on any atom is -0.497 e. The zero-order valence-corrected chi connectivity index (χ0v) is 21.4. The molecule has 9 nitrogen and oxygen atoms in total. The first-order chi connectivity index (χ1) is 17.5. The molecule has 2 aliphatic rings. The number of ether oxygens (including phenoxy) is 2. The van der Waals surface area contributed by atoms with Crippen LogP contribution in [0.25, 0.3) is 22.6 Å². The zero-order valence-electron chi connectivity index (χ0n) is 21.4. The predicted octanol–water partition coefficient (Wildman–Crippen LogP) is 3.54. The van der Waals surface area contributed by atoms with Crippen molar-refractivity contribution in [1.82, 2.24) is 10.3 Å². The van der Waals surface area contributed by atoms with E-state index in [0.29, 0.717) is 42.9 Å². The summed E-state index contributed by atoms with van der Waals surface area (Å²) in [5.41, 5.74) is 8.67. The topological polar surface area (TPSA) is 137 Å². The smallest absolute Gasteiger partial charge is 0.339 e. The number of carbonyl (C=O) groups is 2. The molecule has 1 fully saturated rings. The Bertz CT molecular complexity index is 1370. The van der Waals surface area contributed by atoms with Crippen LogP contribution in [0.4, 0.5) is 0 Å². The van der Waals surface area contributed by atoms with E-state index in [4.69, 9.17) is 19.6 Å². The quantitative estimate of drug-likeness (QED) is 0.430. The van der Waals surface area contributed by atoms with E-state index in [0.717, 1.165) is 22.4 Å².